The molecule has 0 aliphatic rings. The van der Waals surface area contributed by atoms with Crippen molar-refractivity contribution in [3.05, 3.63) is 28.8 Å². The molecular weight excluding hydrogens is 238 g/mol. The molecule has 1 rings (SSSR count). The summed E-state index contributed by atoms with van der Waals surface area (Å²) in [6, 6.07) is 5.33. The minimum Gasteiger partial charge on any atom is -0.460 e. The highest BCUT2D eigenvalue weighted by molar-refractivity contribution is 6.31. The van der Waals surface area contributed by atoms with Gasteiger partial charge in [0.1, 0.15) is 5.60 Å². The van der Waals surface area contributed by atoms with Gasteiger partial charge in [-0.1, -0.05) is 17.7 Å². The first-order valence-electron chi connectivity index (χ1n) is 5.54. The van der Waals surface area contributed by atoms with Gasteiger partial charge in [0.2, 0.25) is 0 Å². The van der Waals surface area contributed by atoms with E-state index in [0.29, 0.717) is 17.1 Å². The number of ether oxygens (including phenoxy) is 1. The molecule has 0 unspecified atom stereocenters. The third-order valence-corrected chi connectivity index (χ3v) is 2.51. The Morgan fingerprint density at radius 2 is 2.06 bits per heavy atom. The van der Waals surface area contributed by atoms with E-state index in [4.69, 9.17) is 22.1 Å². The second-order valence-corrected chi connectivity index (χ2v) is 5.30. The van der Waals surface area contributed by atoms with Crippen LogP contribution in [0.1, 0.15) is 32.8 Å². The molecule has 3 nitrogen and oxygen atoms in total. The Balaban J connectivity index is 2.59. The molecule has 94 valence electrons. The number of hydrogen-bond donors (Lipinski definition) is 1. The summed E-state index contributed by atoms with van der Waals surface area (Å²) in [5.74, 6) is -0.239. The molecule has 0 aliphatic heterocycles. The fourth-order valence-corrected chi connectivity index (χ4v) is 1.74. The van der Waals surface area contributed by atoms with Gasteiger partial charge >= 0.3 is 5.97 Å². The zero-order valence-electron chi connectivity index (χ0n) is 10.4. The maximum Gasteiger partial charge on any atom is 0.306 e. The van der Waals surface area contributed by atoms with Crippen molar-refractivity contribution < 1.29 is 9.53 Å². The number of halogens is 1. The zero-order valence-corrected chi connectivity index (χ0v) is 11.2. The first-order valence-corrected chi connectivity index (χ1v) is 5.92. The van der Waals surface area contributed by atoms with E-state index in [9.17, 15) is 4.79 Å². The second kappa shape index (κ2) is 5.41. The standard InChI is InChI=1S/C13H18ClNO2/c1-13(2,3)17-12(16)8-7-9-10(14)5-4-6-11(9)15/h4-6H,7-8,15H2,1-3H3. The zero-order chi connectivity index (χ0) is 13.1. The summed E-state index contributed by atoms with van der Waals surface area (Å²) in [5, 5.41) is 0.591. The smallest absolute Gasteiger partial charge is 0.306 e. The lowest BCUT2D eigenvalue weighted by Gasteiger charge is -2.19. The molecule has 4 heteroatoms. The number of nitrogens with two attached hydrogens (primary N) is 1. The predicted octanol–water partition coefficient (Wildman–Crippen LogP) is 3.20. The van der Waals surface area contributed by atoms with Crippen molar-refractivity contribution in [2.75, 3.05) is 5.73 Å². The van der Waals surface area contributed by atoms with Crippen molar-refractivity contribution in [2.45, 2.75) is 39.2 Å². The molecule has 0 radical (unpaired) electrons. The average Bonchev–Trinajstić information content (AvgIpc) is 2.14. The summed E-state index contributed by atoms with van der Waals surface area (Å²) >= 11 is 6.01. The van der Waals surface area contributed by atoms with Gasteiger partial charge in [0.25, 0.3) is 0 Å². The van der Waals surface area contributed by atoms with Crippen LogP contribution in [0.2, 0.25) is 5.02 Å². The molecular formula is C13H18ClNO2. The van der Waals surface area contributed by atoms with Crippen LogP contribution in [0.5, 0.6) is 0 Å². The van der Waals surface area contributed by atoms with Gasteiger partial charge in [-0.25, -0.2) is 0 Å². The van der Waals surface area contributed by atoms with Gasteiger partial charge in [-0.15, -0.1) is 0 Å². The highest BCUT2D eigenvalue weighted by atomic mass is 35.5. The Morgan fingerprint density at radius 1 is 1.41 bits per heavy atom. The highest BCUT2D eigenvalue weighted by Gasteiger charge is 2.16. The molecule has 0 amide bonds. The number of hydrogen-bond acceptors (Lipinski definition) is 3. The van der Waals surface area contributed by atoms with E-state index < -0.39 is 5.60 Å². The number of rotatable bonds is 3. The Morgan fingerprint density at radius 3 is 2.59 bits per heavy atom. The van der Waals surface area contributed by atoms with E-state index >= 15 is 0 Å². The molecule has 0 fully saturated rings. The molecule has 0 saturated heterocycles. The van der Waals surface area contributed by atoms with Gasteiger partial charge in [-0.3, -0.25) is 4.79 Å². The van der Waals surface area contributed by atoms with Crippen LogP contribution in [0.25, 0.3) is 0 Å². The minimum absolute atomic E-state index is 0.239. The molecule has 0 atom stereocenters. The fraction of sp³-hybridized carbons (Fsp3) is 0.462. The van der Waals surface area contributed by atoms with Crippen molar-refractivity contribution in [3.8, 4) is 0 Å². The summed E-state index contributed by atoms with van der Waals surface area (Å²) in [6.45, 7) is 5.53. The van der Waals surface area contributed by atoms with Crippen LogP contribution in [0.15, 0.2) is 18.2 Å². The molecule has 2 N–H and O–H groups in total. The summed E-state index contributed by atoms with van der Waals surface area (Å²) in [5.41, 5.74) is 6.76. The lowest BCUT2D eigenvalue weighted by atomic mass is 10.1. The molecule has 0 aromatic heterocycles. The van der Waals surface area contributed by atoms with Gasteiger partial charge in [-0.05, 0) is 44.9 Å². The van der Waals surface area contributed by atoms with Gasteiger partial charge in [0, 0.05) is 17.1 Å². The first-order chi connectivity index (χ1) is 7.79. The van der Waals surface area contributed by atoms with Crippen LogP contribution >= 0.6 is 11.6 Å². The number of benzene rings is 1. The van der Waals surface area contributed by atoms with E-state index in [1.807, 2.05) is 20.8 Å². The molecule has 0 heterocycles. The summed E-state index contributed by atoms with van der Waals surface area (Å²) < 4.78 is 5.22. The number of esters is 1. The molecule has 0 aliphatic carbocycles. The van der Waals surface area contributed by atoms with E-state index in [0.717, 1.165) is 5.56 Å². The van der Waals surface area contributed by atoms with E-state index in [-0.39, 0.29) is 12.4 Å². The summed E-state index contributed by atoms with van der Waals surface area (Å²) in [6.07, 6.45) is 0.783. The fourth-order valence-electron chi connectivity index (χ4n) is 1.46. The molecule has 1 aromatic carbocycles. The molecule has 0 spiro atoms. The van der Waals surface area contributed by atoms with Gasteiger partial charge in [0.05, 0.1) is 0 Å². The molecule has 0 bridgehead atoms. The Labute approximate surface area is 107 Å². The Bertz CT molecular complexity index is 390. The van der Waals surface area contributed by atoms with Crippen LogP contribution in [0.4, 0.5) is 5.69 Å². The lowest BCUT2D eigenvalue weighted by Crippen LogP contribution is -2.24. The van der Waals surface area contributed by atoms with Gasteiger partial charge < -0.3 is 10.5 Å². The van der Waals surface area contributed by atoms with Crippen molar-refractivity contribution in [1.29, 1.82) is 0 Å². The van der Waals surface area contributed by atoms with E-state index in [1.54, 1.807) is 18.2 Å². The van der Waals surface area contributed by atoms with Crippen LogP contribution in [-0.4, -0.2) is 11.6 Å². The van der Waals surface area contributed by atoms with Gasteiger partial charge in [-0.2, -0.15) is 0 Å². The van der Waals surface area contributed by atoms with Crippen LogP contribution in [0, 0.1) is 0 Å². The monoisotopic (exact) mass is 255 g/mol. The third-order valence-electron chi connectivity index (χ3n) is 2.15. The minimum atomic E-state index is -0.455. The summed E-state index contributed by atoms with van der Waals surface area (Å²) in [4.78, 5) is 11.5. The predicted molar refractivity (Wildman–Crippen MR) is 70.0 cm³/mol. The SMILES string of the molecule is CC(C)(C)OC(=O)CCc1c(N)cccc1Cl. The molecule has 17 heavy (non-hydrogen) atoms. The van der Waals surface area contributed by atoms with E-state index in [1.165, 1.54) is 0 Å². The van der Waals surface area contributed by atoms with Crippen molar-refractivity contribution >= 4 is 23.3 Å². The topological polar surface area (TPSA) is 52.3 Å². The maximum absolute atomic E-state index is 11.5. The number of anilines is 1. The van der Waals surface area contributed by atoms with Crippen molar-refractivity contribution in [1.82, 2.24) is 0 Å². The highest BCUT2D eigenvalue weighted by Crippen LogP contribution is 2.23. The largest absolute Gasteiger partial charge is 0.460 e. The lowest BCUT2D eigenvalue weighted by molar-refractivity contribution is -0.154. The van der Waals surface area contributed by atoms with Crippen molar-refractivity contribution in [2.24, 2.45) is 0 Å². The van der Waals surface area contributed by atoms with Crippen molar-refractivity contribution in [3.63, 3.8) is 0 Å². The first kappa shape index (κ1) is 13.8. The van der Waals surface area contributed by atoms with Gasteiger partial charge in [0.15, 0.2) is 0 Å². The van der Waals surface area contributed by atoms with Crippen LogP contribution in [-0.2, 0) is 16.0 Å². The Kier molecular flexibility index (Phi) is 4.40. The van der Waals surface area contributed by atoms with Crippen LogP contribution in [0.3, 0.4) is 0 Å². The second-order valence-electron chi connectivity index (χ2n) is 4.89. The van der Waals surface area contributed by atoms with Crippen LogP contribution < -0.4 is 5.73 Å². The number of carbonyl (C=O) groups is 1. The van der Waals surface area contributed by atoms with E-state index in [2.05, 4.69) is 0 Å². The number of carbonyl (C=O) groups excluding carboxylic acids is 1. The quantitative estimate of drug-likeness (QED) is 0.667. The number of nitrogen functional groups attached to an aromatic ring is 1. The summed E-state index contributed by atoms with van der Waals surface area (Å²) in [7, 11) is 0. The average molecular weight is 256 g/mol. The molecule has 1 aromatic rings. The third kappa shape index (κ3) is 4.65. The Hall–Kier alpha value is -1.22. The normalized spacial score (nSPS) is 11.3. The molecule has 0 saturated carbocycles. The maximum atomic E-state index is 11.5.